The van der Waals surface area contributed by atoms with Crippen LogP contribution in [0, 0.1) is 0 Å². The Labute approximate surface area is 170 Å². The Hall–Kier alpha value is -2.03. The lowest BCUT2D eigenvalue weighted by molar-refractivity contribution is -0.132. The number of halogens is 1. The zero-order chi connectivity index (χ0) is 21.1. The number of aliphatic carboxylic acids is 1. The van der Waals surface area contributed by atoms with Crippen LogP contribution in [-0.4, -0.2) is 34.6 Å². The summed E-state index contributed by atoms with van der Waals surface area (Å²) in [6.07, 6.45) is 3.36. The van der Waals surface area contributed by atoms with Gasteiger partial charge in [0.1, 0.15) is 6.61 Å². The maximum Gasteiger partial charge on any atom is 0.331 e. The molecular weight excluding hydrogens is 398 g/mol. The van der Waals surface area contributed by atoms with E-state index < -0.39 is 14.3 Å². The molecule has 0 unspecified atom stereocenters. The van der Waals surface area contributed by atoms with Crippen LogP contribution in [0.25, 0.3) is 17.5 Å². The molecular formula is C19H26ClN3O4Si. The quantitative estimate of drug-likeness (QED) is 0.483. The van der Waals surface area contributed by atoms with E-state index in [0.29, 0.717) is 28.6 Å². The summed E-state index contributed by atoms with van der Waals surface area (Å²) >= 11 is 6.25. The summed E-state index contributed by atoms with van der Waals surface area (Å²) in [6, 6.07) is 1.63. The Balaban J connectivity index is 2.17. The molecule has 0 aromatic carbocycles. The molecule has 9 heteroatoms. The Morgan fingerprint density at radius 2 is 2.04 bits per heavy atom. The van der Waals surface area contributed by atoms with Gasteiger partial charge in [0, 0.05) is 11.8 Å². The van der Waals surface area contributed by atoms with Gasteiger partial charge in [-0.25, -0.2) is 4.79 Å². The standard InChI is InChI=1S/C19H26ClN3O4Si/c1-7-12(18(24)25)9-15-14(20)8-13(10-21-15)17-23-22-16(27-17)11-26-28(5,6)19(2,3)4/h8-10H,7,11H2,1-6H3,(H,24,25)/b12-9+. The fourth-order valence-corrected chi connectivity index (χ4v) is 3.18. The van der Waals surface area contributed by atoms with Crippen molar-refractivity contribution in [3.05, 3.63) is 34.4 Å². The van der Waals surface area contributed by atoms with Gasteiger partial charge in [0.05, 0.1) is 16.3 Å². The van der Waals surface area contributed by atoms with Gasteiger partial charge in [-0.3, -0.25) is 4.98 Å². The molecule has 0 bridgehead atoms. The van der Waals surface area contributed by atoms with E-state index in [1.165, 1.54) is 12.3 Å². The zero-order valence-electron chi connectivity index (χ0n) is 17.0. The van der Waals surface area contributed by atoms with Crippen molar-refractivity contribution in [2.24, 2.45) is 0 Å². The van der Waals surface area contributed by atoms with E-state index in [0.717, 1.165) is 0 Å². The molecule has 0 saturated carbocycles. The molecule has 28 heavy (non-hydrogen) atoms. The lowest BCUT2D eigenvalue weighted by Gasteiger charge is -2.35. The van der Waals surface area contributed by atoms with Crippen LogP contribution in [0.15, 0.2) is 22.3 Å². The lowest BCUT2D eigenvalue weighted by Crippen LogP contribution is -2.40. The van der Waals surface area contributed by atoms with E-state index in [1.807, 2.05) is 0 Å². The third-order valence-electron chi connectivity index (χ3n) is 4.91. The monoisotopic (exact) mass is 423 g/mol. The van der Waals surface area contributed by atoms with Crippen molar-refractivity contribution < 1.29 is 18.7 Å². The Morgan fingerprint density at radius 1 is 1.36 bits per heavy atom. The first-order valence-corrected chi connectivity index (χ1v) is 12.3. The molecule has 0 spiro atoms. The molecule has 2 rings (SSSR count). The third kappa shape index (κ3) is 5.27. The Kier molecular flexibility index (Phi) is 6.79. The van der Waals surface area contributed by atoms with Gasteiger partial charge in [-0.1, -0.05) is 39.3 Å². The molecule has 2 aromatic heterocycles. The smallest absolute Gasteiger partial charge is 0.331 e. The van der Waals surface area contributed by atoms with Crippen molar-refractivity contribution in [1.29, 1.82) is 0 Å². The van der Waals surface area contributed by atoms with E-state index in [1.54, 1.807) is 13.0 Å². The van der Waals surface area contributed by atoms with Gasteiger partial charge in [-0.15, -0.1) is 10.2 Å². The molecule has 0 fully saturated rings. The molecule has 0 amide bonds. The topological polar surface area (TPSA) is 98.3 Å². The lowest BCUT2D eigenvalue weighted by atomic mass is 10.1. The summed E-state index contributed by atoms with van der Waals surface area (Å²) in [5.41, 5.74) is 1.16. The van der Waals surface area contributed by atoms with Crippen molar-refractivity contribution in [3.8, 4) is 11.5 Å². The highest BCUT2D eigenvalue weighted by Crippen LogP contribution is 2.37. The van der Waals surface area contributed by atoms with Crippen LogP contribution in [0.3, 0.4) is 0 Å². The third-order valence-corrected chi connectivity index (χ3v) is 9.69. The SMILES string of the molecule is CC/C(=C\c1ncc(-c2nnc(CO[Si](C)(C)C(C)(C)C)o2)cc1Cl)C(=O)O. The molecule has 0 saturated heterocycles. The minimum atomic E-state index is -1.92. The number of aromatic nitrogens is 3. The normalized spacial score (nSPS) is 13.0. The highest BCUT2D eigenvalue weighted by atomic mass is 35.5. The predicted molar refractivity (Wildman–Crippen MR) is 110 cm³/mol. The van der Waals surface area contributed by atoms with E-state index in [9.17, 15) is 4.79 Å². The molecule has 7 nitrogen and oxygen atoms in total. The van der Waals surface area contributed by atoms with Crippen LogP contribution in [0.5, 0.6) is 0 Å². The zero-order valence-corrected chi connectivity index (χ0v) is 18.8. The van der Waals surface area contributed by atoms with Gasteiger partial charge in [0.25, 0.3) is 0 Å². The van der Waals surface area contributed by atoms with Gasteiger partial charge in [-0.2, -0.15) is 0 Å². The summed E-state index contributed by atoms with van der Waals surface area (Å²) in [5, 5.41) is 17.6. The molecule has 0 atom stereocenters. The second-order valence-electron chi connectivity index (χ2n) is 7.97. The maximum absolute atomic E-state index is 11.1. The van der Waals surface area contributed by atoms with Gasteiger partial charge in [-0.05, 0) is 36.7 Å². The fourth-order valence-electron chi connectivity index (χ4n) is 2.04. The van der Waals surface area contributed by atoms with Gasteiger partial charge >= 0.3 is 5.97 Å². The number of pyridine rings is 1. The number of carboxylic acid groups (broad SMARTS) is 1. The van der Waals surface area contributed by atoms with Crippen molar-refractivity contribution in [2.75, 3.05) is 0 Å². The second kappa shape index (κ2) is 8.55. The first-order valence-electron chi connectivity index (χ1n) is 9.00. The maximum atomic E-state index is 11.1. The second-order valence-corrected chi connectivity index (χ2v) is 13.2. The van der Waals surface area contributed by atoms with Gasteiger partial charge in [0.15, 0.2) is 8.32 Å². The minimum absolute atomic E-state index is 0.0872. The van der Waals surface area contributed by atoms with Gasteiger partial charge in [0.2, 0.25) is 11.8 Å². The van der Waals surface area contributed by atoms with Crippen LogP contribution in [0.1, 0.15) is 45.7 Å². The van der Waals surface area contributed by atoms with Crippen molar-refractivity contribution >= 4 is 32.0 Å². The van der Waals surface area contributed by atoms with Crippen molar-refractivity contribution in [2.45, 2.75) is 58.9 Å². The molecule has 152 valence electrons. The highest BCUT2D eigenvalue weighted by molar-refractivity contribution is 6.74. The van der Waals surface area contributed by atoms with Gasteiger partial charge < -0.3 is 13.9 Å². The number of rotatable bonds is 7. The van der Waals surface area contributed by atoms with Crippen molar-refractivity contribution in [1.82, 2.24) is 15.2 Å². The summed E-state index contributed by atoms with van der Waals surface area (Å²) in [5.74, 6) is -0.320. The highest BCUT2D eigenvalue weighted by Gasteiger charge is 2.37. The fraction of sp³-hybridized carbons (Fsp3) is 0.474. The Bertz CT molecular complexity index is 888. The minimum Gasteiger partial charge on any atom is -0.478 e. The summed E-state index contributed by atoms with van der Waals surface area (Å²) in [4.78, 5) is 15.4. The molecule has 0 radical (unpaired) electrons. The molecule has 0 aliphatic carbocycles. The van der Waals surface area contributed by atoms with Crippen molar-refractivity contribution in [3.63, 3.8) is 0 Å². The number of hydrogen-bond acceptors (Lipinski definition) is 6. The first kappa shape index (κ1) is 22.3. The van der Waals surface area contributed by atoms with Crippen LogP contribution in [0.2, 0.25) is 23.2 Å². The number of nitrogens with zero attached hydrogens (tertiary/aromatic N) is 3. The number of carboxylic acids is 1. The van der Waals surface area contributed by atoms with Crippen LogP contribution in [-0.2, 0) is 15.8 Å². The molecule has 0 aliphatic rings. The van der Waals surface area contributed by atoms with E-state index >= 15 is 0 Å². The van der Waals surface area contributed by atoms with Crippen LogP contribution in [0.4, 0.5) is 0 Å². The average molecular weight is 424 g/mol. The summed E-state index contributed by atoms with van der Waals surface area (Å²) in [7, 11) is -1.92. The number of hydrogen-bond donors (Lipinski definition) is 1. The van der Waals surface area contributed by atoms with E-state index in [-0.39, 0.29) is 23.1 Å². The summed E-state index contributed by atoms with van der Waals surface area (Å²) in [6.45, 7) is 12.8. The Morgan fingerprint density at radius 3 is 2.57 bits per heavy atom. The average Bonchev–Trinajstić information content (AvgIpc) is 3.06. The van der Waals surface area contributed by atoms with Crippen LogP contribution < -0.4 is 0 Å². The van der Waals surface area contributed by atoms with E-state index in [4.69, 9.17) is 25.6 Å². The predicted octanol–water partition coefficient (Wildman–Crippen LogP) is 5.18. The summed E-state index contributed by atoms with van der Waals surface area (Å²) < 4.78 is 11.8. The van der Waals surface area contributed by atoms with Crippen LogP contribution >= 0.6 is 11.6 Å². The largest absolute Gasteiger partial charge is 0.478 e. The molecule has 1 N–H and O–H groups in total. The van der Waals surface area contributed by atoms with E-state index in [2.05, 4.69) is 49.0 Å². The first-order chi connectivity index (χ1) is 12.9. The number of carbonyl (C=O) groups is 1. The molecule has 0 aliphatic heterocycles. The molecule has 2 aromatic rings. The molecule has 2 heterocycles.